The van der Waals surface area contributed by atoms with E-state index < -0.39 is 0 Å². The van der Waals surface area contributed by atoms with Crippen molar-refractivity contribution in [2.24, 2.45) is 0 Å². The van der Waals surface area contributed by atoms with Crippen LogP contribution >= 0.6 is 0 Å². The maximum atomic E-state index is 2.80. The molecule has 0 spiro atoms. The molecule has 13 aromatic rings. The van der Waals surface area contributed by atoms with E-state index >= 15 is 0 Å². The lowest BCUT2D eigenvalue weighted by Gasteiger charge is -2.47. The summed E-state index contributed by atoms with van der Waals surface area (Å²) in [4.78, 5) is 5.60. The number of nitrogens with zero attached hydrogens (tertiary/aromatic N) is 2. The molecule has 0 atom stereocenters. The van der Waals surface area contributed by atoms with Crippen molar-refractivity contribution >= 4 is 34.1 Å². The highest BCUT2D eigenvalue weighted by Crippen LogP contribution is 2.66. The molecule has 0 saturated carbocycles. The van der Waals surface area contributed by atoms with Crippen molar-refractivity contribution in [1.29, 1.82) is 0 Å². The van der Waals surface area contributed by atoms with E-state index in [1.165, 1.54) is 167 Å². The summed E-state index contributed by atoms with van der Waals surface area (Å²) in [6.07, 6.45) is 0.869. The molecule has 16 rings (SSSR count). The van der Waals surface area contributed by atoms with Gasteiger partial charge in [-0.25, -0.2) is 0 Å². The first-order valence-corrected chi connectivity index (χ1v) is 42.3. The van der Waals surface area contributed by atoms with Crippen LogP contribution in [0.2, 0.25) is 0 Å². The summed E-state index contributed by atoms with van der Waals surface area (Å²) in [7, 11) is 0. The lowest BCUT2D eigenvalue weighted by molar-refractivity contribution is 0.589. The highest BCUT2D eigenvalue weighted by Gasteiger charge is 2.46. The number of anilines is 6. The molecular weight excluding hydrogens is 1390 g/mol. The summed E-state index contributed by atoms with van der Waals surface area (Å²) in [5, 5.41) is 0. The third kappa shape index (κ3) is 14.7. The molecular formula is C113H120N2. The zero-order valence-electron chi connectivity index (χ0n) is 73.2. The average molecular weight is 1510 g/mol. The van der Waals surface area contributed by atoms with Crippen LogP contribution in [-0.4, -0.2) is 0 Å². The van der Waals surface area contributed by atoms with Crippen LogP contribution in [0.15, 0.2) is 267 Å². The van der Waals surface area contributed by atoms with Gasteiger partial charge in [-0.15, -0.1) is 0 Å². The molecule has 582 valence electrons. The van der Waals surface area contributed by atoms with E-state index in [0.29, 0.717) is 0 Å². The molecule has 0 unspecified atom stereocenters. The van der Waals surface area contributed by atoms with E-state index in [0.717, 1.165) is 29.2 Å². The fourth-order valence-corrected chi connectivity index (χ4v) is 18.1. The second-order valence-corrected chi connectivity index (χ2v) is 41.9. The summed E-state index contributed by atoms with van der Waals surface area (Å²) in [5.41, 5.74) is 41.4. The van der Waals surface area contributed by atoms with Crippen molar-refractivity contribution in [3.05, 3.63) is 356 Å². The standard InChI is InChI=1S/C113H120N2/c1-106(2,3)81-47-33-70(34-48-81)76-45-59-97-95(62-76)102-96-63-77(71-35-49-82(50-36-71)107(4,5)6)46-60-98(96)115(105-93(74-41-55-85(56-42-74)110(13,14)15)68-88(113(22,23)24)69-94(105)75-43-57-86(58-44-75)111(16,17)18)100-65-80(101-89-31-27-25-29-78(89)61-79-30-26-28-32-90(79)101)64-99(103(100)102)114(97)104-91(72-37-51-83(52-38-72)108(7,8)9)66-87(112(19,20)21)67-92(104)73-39-53-84(54-40-73)109(10,11)12/h25-60,62-69,101-102H,61H2,1-24H3. The van der Waals surface area contributed by atoms with Gasteiger partial charge in [-0.1, -0.05) is 372 Å². The Hall–Kier alpha value is -10.5. The Morgan fingerprint density at radius 3 is 0.713 bits per heavy atom. The van der Waals surface area contributed by atoms with Crippen LogP contribution in [0.25, 0.3) is 66.8 Å². The fraction of sp³-hybridized carbons (Fsp3) is 0.310. The molecule has 0 N–H and O–H groups in total. The van der Waals surface area contributed by atoms with E-state index in [4.69, 9.17) is 0 Å². The molecule has 13 aromatic carbocycles. The molecule has 2 nitrogen and oxygen atoms in total. The highest BCUT2D eigenvalue weighted by molar-refractivity contribution is 6.07. The van der Waals surface area contributed by atoms with Gasteiger partial charge in [0, 0.05) is 39.7 Å². The van der Waals surface area contributed by atoms with Crippen molar-refractivity contribution in [3.8, 4) is 66.8 Å². The molecule has 0 saturated heterocycles. The van der Waals surface area contributed by atoms with E-state index in [2.05, 4.69) is 443 Å². The summed E-state index contributed by atoms with van der Waals surface area (Å²) in [5.74, 6) is -0.403. The Morgan fingerprint density at radius 1 is 0.209 bits per heavy atom. The Kier molecular flexibility index (Phi) is 19.2. The van der Waals surface area contributed by atoms with Crippen LogP contribution in [0.4, 0.5) is 34.1 Å². The minimum Gasteiger partial charge on any atom is -0.309 e. The summed E-state index contributed by atoms with van der Waals surface area (Å²) < 4.78 is 0. The number of hydrogen-bond donors (Lipinski definition) is 0. The van der Waals surface area contributed by atoms with Gasteiger partial charge >= 0.3 is 0 Å². The van der Waals surface area contributed by atoms with Crippen LogP contribution in [0.3, 0.4) is 0 Å². The molecule has 115 heavy (non-hydrogen) atoms. The minimum atomic E-state index is -0.277. The van der Waals surface area contributed by atoms with Crippen molar-refractivity contribution in [2.45, 2.75) is 228 Å². The van der Waals surface area contributed by atoms with Crippen LogP contribution < -0.4 is 9.80 Å². The van der Waals surface area contributed by atoms with Gasteiger partial charge in [-0.2, -0.15) is 0 Å². The predicted molar refractivity (Wildman–Crippen MR) is 496 cm³/mol. The molecule has 2 heterocycles. The SMILES string of the molecule is CC(C)(C)c1ccc(-c2ccc3c(c2)C2c4cc(-c5ccc(C(C)(C)C)cc5)ccc4N(c4c(-c5ccc(C(C)(C)C)cc5)cc(C(C)(C)C)cc4-c4ccc(C(C)(C)C)cc4)c4cc(C5c6ccccc6Cc6ccccc65)cc(c42)N3c2c(-c3ccc(C(C)(C)C)cc3)cc(C(C)(C)C)cc2-c2ccc(C(C)(C)C)cc2)cc1. The summed E-state index contributed by atoms with van der Waals surface area (Å²) in [6, 6.07) is 107. The first-order chi connectivity index (χ1) is 54.1. The largest absolute Gasteiger partial charge is 0.309 e. The number of rotatable bonds is 9. The van der Waals surface area contributed by atoms with Gasteiger partial charge in [0.2, 0.25) is 0 Å². The summed E-state index contributed by atoms with van der Waals surface area (Å²) >= 11 is 0. The molecule has 0 amide bonds. The Bertz CT molecular complexity index is 5360. The van der Waals surface area contributed by atoms with Crippen molar-refractivity contribution in [1.82, 2.24) is 0 Å². The van der Waals surface area contributed by atoms with E-state index in [1.54, 1.807) is 0 Å². The highest BCUT2D eigenvalue weighted by atomic mass is 15.2. The van der Waals surface area contributed by atoms with Gasteiger partial charge in [-0.05, 0) is 238 Å². The lowest BCUT2D eigenvalue weighted by atomic mass is 9.71. The van der Waals surface area contributed by atoms with Crippen LogP contribution in [-0.2, 0) is 49.7 Å². The third-order valence-electron chi connectivity index (χ3n) is 25.3. The summed E-state index contributed by atoms with van der Waals surface area (Å²) in [6.45, 7) is 56.3. The normalized spacial score (nSPS) is 14.1. The molecule has 0 radical (unpaired) electrons. The average Bonchev–Trinajstić information content (AvgIpc) is 0.683. The zero-order chi connectivity index (χ0) is 81.8. The molecule has 2 aliphatic heterocycles. The first kappa shape index (κ1) is 78.4. The van der Waals surface area contributed by atoms with E-state index in [-0.39, 0.29) is 55.2 Å². The minimum absolute atomic E-state index is 0.0191. The fourth-order valence-electron chi connectivity index (χ4n) is 18.1. The molecule has 0 bridgehead atoms. The molecule has 0 fully saturated rings. The van der Waals surface area contributed by atoms with Gasteiger partial charge in [0.15, 0.2) is 0 Å². The van der Waals surface area contributed by atoms with Gasteiger partial charge in [0.25, 0.3) is 0 Å². The van der Waals surface area contributed by atoms with Gasteiger partial charge in [0.05, 0.1) is 34.1 Å². The Balaban J connectivity index is 1.13. The van der Waals surface area contributed by atoms with Crippen molar-refractivity contribution < 1.29 is 0 Å². The van der Waals surface area contributed by atoms with Crippen molar-refractivity contribution in [3.63, 3.8) is 0 Å². The van der Waals surface area contributed by atoms with Crippen molar-refractivity contribution in [2.75, 3.05) is 9.80 Å². The zero-order valence-corrected chi connectivity index (χ0v) is 73.2. The first-order valence-electron chi connectivity index (χ1n) is 42.3. The van der Waals surface area contributed by atoms with E-state index in [9.17, 15) is 0 Å². The lowest BCUT2D eigenvalue weighted by Crippen LogP contribution is -2.31. The Labute approximate surface area is 689 Å². The van der Waals surface area contributed by atoms with Crippen LogP contribution in [0.1, 0.15) is 267 Å². The second kappa shape index (κ2) is 28.1. The molecule has 3 aliphatic rings. The maximum Gasteiger partial charge on any atom is 0.0618 e. The Morgan fingerprint density at radius 2 is 0.452 bits per heavy atom. The monoisotopic (exact) mass is 1500 g/mol. The smallest absolute Gasteiger partial charge is 0.0618 e. The predicted octanol–water partition coefficient (Wildman–Crippen LogP) is 31.9. The number of benzene rings is 13. The number of fused-ring (bicyclic) bond motifs is 6. The van der Waals surface area contributed by atoms with Gasteiger partial charge < -0.3 is 9.80 Å². The molecule has 2 heteroatoms. The number of hydrogen-bond acceptors (Lipinski definition) is 2. The van der Waals surface area contributed by atoms with Gasteiger partial charge in [-0.3, -0.25) is 0 Å². The van der Waals surface area contributed by atoms with E-state index in [1.807, 2.05) is 0 Å². The van der Waals surface area contributed by atoms with Crippen LogP contribution in [0.5, 0.6) is 0 Å². The van der Waals surface area contributed by atoms with Crippen LogP contribution in [0, 0.1) is 0 Å². The second-order valence-electron chi connectivity index (χ2n) is 41.9. The third-order valence-corrected chi connectivity index (χ3v) is 25.3. The maximum absolute atomic E-state index is 2.80. The van der Waals surface area contributed by atoms with Gasteiger partial charge in [0.1, 0.15) is 0 Å². The molecule has 0 aromatic heterocycles. The quantitative estimate of drug-likeness (QED) is 0.142. The topological polar surface area (TPSA) is 6.48 Å². The molecule has 1 aliphatic carbocycles.